The van der Waals surface area contributed by atoms with Gasteiger partial charge in [-0.3, -0.25) is 14.9 Å². The first-order valence-electron chi connectivity index (χ1n) is 5.52. The van der Waals surface area contributed by atoms with E-state index in [2.05, 4.69) is 10.5 Å². The highest BCUT2D eigenvalue weighted by Crippen LogP contribution is 2.11. The Bertz CT molecular complexity index is 361. The Labute approximate surface area is 94.4 Å². The minimum atomic E-state index is -0.181. The lowest BCUT2D eigenvalue weighted by atomic mass is 10.2. The summed E-state index contributed by atoms with van der Waals surface area (Å²) in [4.78, 5) is 11.9. The van der Waals surface area contributed by atoms with Gasteiger partial charge in [0.25, 0.3) is 5.91 Å². The zero-order chi connectivity index (χ0) is 11.5. The van der Waals surface area contributed by atoms with Crippen LogP contribution in [0.25, 0.3) is 0 Å². The minimum Gasteiger partial charge on any atom is -0.396 e. The monoisotopic (exact) mass is 223 g/mol. The molecule has 1 aliphatic heterocycles. The van der Waals surface area contributed by atoms with E-state index in [1.165, 1.54) is 17.3 Å². The molecule has 1 amide bonds. The fourth-order valence-corrected chi connectivity index (χ4v) is 1.93. The molecule has 6 heteroatoms. The zero-order valence-electron chi connectivity index (χ0n) is 9.44. The zero-order valence-corrected chi connectivity index (χ0v) is 9.44. The SMILES string of the molecule is Cn1ncc(N)c1C(=O)NN1CCCCC1. The van der Waals surface area contributed by atoms with Crippen molar-refractivity contribution in [1.82, 2.24) is 20.2 Å². The quantitative estimate of drug-likeness (QED) is 0.747. The standard InChI is InChI=1S/C10H17N5O/c1-14-9(8(11)7-12-14)10(16)13-15-5-3-2-4-6-15/h7H,2-6,11H2,1H3,(H,13,16). The van der Waals surface area contributed by atoms with Gasteiger partial charge in [0.2, 0.25) is 0 Å². The topological polar surface area (TPSA) is 76.2 Å². The van der Waals surface area contributed by atoms with Crippen molar-refractivity contribution in [2.24, 2.45) is 7.05 Å². The second-order valence-electron chi connectivity index (χ2n) is 4.06. The van der Waals surface area contributed by atoms with E-state index in [0.29, 0.717) is 11.4 Å². The van der Waals surface area contributed by atoms with Crippen LogP contribution in [0.15, 0.2) is 6.20 Å². The summed E-state index contributed by atoms with van der Waals surface area (Å²) in [6.07, 6.45) is 4.98. The van der Waals surface area contributed by atoms with E-state index in [1.807, 2.05) is 5.01 Å². The molecule has 1 aliphatic rings. The van der Waals surface area contributed by atoms with Crippen molar-refractivity contribution in [3.05, 3.63) is 11.9 Å². The molecule has 3 N–H and O–H groups in total. The molecule has 88 valence electrons. The van der Waals surface area contributed by atoms with Crippen molar-refractivity contribution < 1.29 is 4.79 Å². The highest BCUT2D eigenvalue weighted by atomic mass is 16.2. The molecule has 0 radical (unpaired) electrons. The van der Waals surface area contributed by atoms with Gasteiger partial charge in [-0.15, -0.1) is 0 Å². The summed E-state index contributed by atoms with van der Waals surface area (Å²) < 4.78 is 1.49. The average Bonchev–Trinajstić information content (AvgIpc) is 2.60. The van der Waals surface area contributed by atoms with Gasteiger partial charge >= 0.3 is 0 Å². The number of carbonyl (C=O) groups is 1. The number of nitrogens with one attached hydrogen (secondary N) is 1. The molecule has 1 aromatic heterocycles. The molecule has 1 saturated heterocycles. The Balaban J connectivity index is 2.02. The van der Waals surface area contributed by atoms with Crippen LogP contribution in [0, 0.1) is 0 Å². The normalized spacial score (nSPS) is 17.3. The summed E-state index contributed by atoms with van der Waals surface area (Å²) in [5, 5.41) is 5.89. The minimum absolute atomic E-state index is 0.181. The second-order valence-corrected chi connectivity index (χ2v) is 4.06. The van der Waals surface area contributed by atoms with Crippen LogP contribution in [0.3, 0.4) is 0 Å². The largest absolute Gasteiger partial charge is 0.396 e. The van der Waals surface area contributed by atoms with Crippen molar-refractivity contribution in [3.63, 3.8) is 0 Å². The third-order valence-corrected chi connectivity index (χ3v) is 2.80. The molecular weight excluding hydrogens is 206 g/mol. The van der Waals surface area contributed by atoms with Gasteiger partial charge in [-0.1, -0.05) is 6.42 Å². The van der Waals surface area contributed by atoms with E-state index in [-0.39, 0.29) is 5.91 Å². The van der Waals surface area contributed by atoms with Crippen LogP contribution in [-0.2, 0) is 7.05 Å². The number of carbonyl (C=O) groups excluding carboxylic acids is 1. The maximum Gasteiger partial charge on any atom is 0.285 e. The number of hydrogen-bond acceptors (Lipinski definition) is 4. The van der Waals surface area contributed by atoms with Crippen LogP contribution >= 0.6 is 0 Å². The van der Waals surface area contributed by atoms with E-state index >= 15 is 0 Å². The number of hydrogen-bond donors (Lipinski definition) is 2. The van der Waals surface area contributed by atoms with Crippen LogP contribution in [0.2, 0.25) is 0 Å². The predicted octanol–water partition coefficient (Wildman–Crippen LogP) is 0.133. The first-order valence-corrected chi connectivity index (χ1v) is 5.52. The van der Waals surface area contributed by atoms with E-state index in [1.54, 1.807) is 7.05 Å². The van der Waals surface area contributed by atoms with Crippen molar-refractivity contribution in [2.75, 3.05) is 18.8 Å². The third kappa shape index (κ3) is 2.16. The van der Waals surface area contributed by atoms with E-state index < -0.39 is 0 Å². The van der Waals surface area contributed by atoms with Gasteiger partial charge < -0.3 is 5.73 Å². The fraction of sp³-hybridized carbons (Fsp3) is 0.600. The van der Waals surface area contributed by atoms with Gasteiger partial charge in [-0.2, -0.15) is 5.10 Å². The number of rotatable bonds is 2. The van der Waals surface area contributed by atoms with Crippen molar-refractivity contribution in [1.29, 1.82) is 0 Å². The van der Waals surface area contributed by atoms with Gasteiger partial charge in [-0.25, -0.2) is 5.01 Å². The Morgan fingerprint density at radius 2 is 2.12 bits per heavy atom. The van der Waals surface area contributed by atoms with Gasteiger partial charge in [-0.05, 0) is 12.8 Å². The number of aromatic nitrogens is 2. The van der Waals surface area contributed by atoms with Crippen molar-refractivity contribution >= 4 is 11.6 Å². The summed E-state index contributed by atoms with van der Waals surface area (Å²) in [6, 6.07) is 0. The maximum absolute atomic E-state index is 11.9. The Kier molecular flexibility index (Phi) is 3.09. The molecule has 16 heavy (non-hydrogen) atoms. The molecular formula is C10H17N5O. The summed E-state index contributed by atoms with van der Waals surface area (Å²) in [5.41, 5.74) is 9.38. The molecule has 6 nitrogen and oxygen atoms in total. The molecule has 2 rings (SSSR count). The summed E-state index contributed by atoms with van der Waals surface area (Å²) in [6.45, 7) is 1.81. The van der Waals surface area contributed by atoms with Crippen molar-refractivity contribution in [3.8, 4) is 0 Å². The van der Waals surface area contributed by atoms with Gasteiger partial charge in [0.15, 0.2) is 0 Å². The molecule has 0 saturated carbocycles. The lowest BCUT2D eigenvalue weighted by molar-refractivity contribution is 0.0741. The number of nitrogens with zero attached hydrogens (tertiary/aromatic N) is 3. The number of anilines is 1. The molecule has 0 aromatic carbocycles. The van der Waals surface area contributed by atoms with E-state index in [4.69, 9.17) is 5.73 Å². The number of nitrogens with two attached hydrogens (primary N) is 1. The highest BCUT2D eigenvalue weighted by Gasteiger charge is 2.18. The summed E-state index contributed by atoms with van der Waals surface area (Å²) in [7, 11) is 1.71. The molecule has 0 bridgehead atoms. The predicted molar refractivity (Wildman–Crippen MR) is 60.5 cm³/mol. The molecule has 1 fully saturated rings. The van der Waals surface area contributed by atoms with E-state index in [0.717, 1.165) is 25.9 Å². The Hall–Kier alpha value is -1.56. The summed E-state index contributed by atoms with van der Waals surface area (Å²) in [5.74, 6) is -0.181. The first-order chi connectivity index (χ1) is 7.68. The number of aryl methyl sites for hydroxylation is 1. The Morgan fingerprint density at radius 1 is 1.44 bits per heavy atom. The average molecular weight is 223 g/mol. The van der Waals surface area contributed by atoms with Crippen LogP contribution in [0.5, 0.6) is 0 Å². The Morgan fingerprint density at radius 3 is 2.69 bits per heavy atom. The first kappa shape index (κ1) is 10.9. The van der Waals surface area contributed by atoms with Crippen LogP contribution < -0.4 is 11.2 Å². The van der Waals surface area contributed by atoms with Crippen LogP contribution in [0.4, 0.5) is 5.69 Å². The number of amides is 1. The van der Waals surface area contributed by atoms with Gasteiger partial charge in [0, 0.05) is 20.1 Å². The van der Waals surface area contributed by atoms with Gasteiger partial charge in [0.05, 0.1) is 11.9 Å². The van der Waals surface area contributed by atoms with Gasteiger partial charge in [0.1, 0.15) is 5.69 Å². The lowest BCUT2D eigenvalue weighted by Crippen LogP contribution is -2.45. The van der Waals surface area contributed by atoms with E-state index in [9.17, 15) is 4.79 Å². The molecule has 0 aliphatic carbocycles. The second kappa shape index (κ2) is 4.52. The number of nitrogen functional groups attached to an aromatic ring is 1. The van der Waals surface area contributed by atoms with Crippen LogP contribution in [-0.4, -0.2) is 33.8 Å². The number of piperidine rings is 1. The maximum atomic E-state index is 11.9. The molecule has 1 aromatic rings. The lowest BCUT2D eigenvalue weighted by Gasteiger charge is -2.26. The van der Waals surface area contributed by atoms with Crippen LogP contribution in [0.1, 0.15) is 29.8 Å². The third-order valence-electron chi connectivity index (χ3n) is 2.80. The molecule has 0 unspecified atom stereocenters. The molecule has 0 atom stereocenters. The molecule has 2 heterocycles. The summed E-state index contributed by atoms with van der Waals surface area (Å²) >= 11 is 0. The highest BCUT2D eigenvalue weighted by molar-refractivity contribution is 5.96. The number of hydrazine groups is 1. The van der Waals surface area contributed by atoms with Crippen molar-refractivity contribution in [2.45, 2.75) is 19.3 Å². The fourth-order valence-electron chi connectivity index (χ4n) is 1.93. The molecule has 0 spiro atoms. The smallest absolute Gasteiger partial charge is 0.285 e.